The van der Waals surface area contributed by atoms with Crippen molar-refractivity contribution in [3.8, 4) is 5.75 Å². The number of thiophene rings is 1. The number of hydrogen-bond acceptors (Lipinski definition) is 6. The molecule has 1 unspecified atom stereocenters. The number of aromatic hydroxyl groups is 1. The summed E-state index contributed by atoms with van der Waals surface area (Å²) in [5.74, 6) is -0.303. The van der Waals surface area contributed by atoms with Gasteiger partial charge in [0, 0.05) is 27.9 Å². The van der Waals surface area contributed by atoms with E-state index in [0.717, 1.165) is 23.3 Å². The Balaban J connectivity index is 2.16. The maximum atomic E-state index is 13.0. The Morgan fingerprint density at radius 3 is 2.53 bits per heavy atom. The number of Topliss-reactive ketones (excluding diaryl/α,β-unsaturated/α-hetero) is 1. The minimum atomic E-state index is -1.15. The van der Waals surface area contributed by atoms with Crippen molar-refractivity contribution in [1.82, 2.24) is 5.32 Å². The predicted molar refractivity (Wildman–Crippen MR) is 135 cm³/mol. The molecule has 2 heterocycles. The highest BCUT2D eigenvalue weighted by molar-refractivity contribution is 7.13. The van der Waals surface area contributed by atoms with Crippen LogP contribution in [0.1, 0.15) is 84.3 Å². The maximum Gasteiger partial charge on any atom is 0.408 e. The molecule has 0 fully saturated rings. The molecule has 1 amide bonds. The summed E-state index contributed by atoms with van der Waals surface area (Å²) in [6, 6.07) is 3.44. The number of carbonyl (C=O) groups excluding carboxylic acids is 1. The molecule has 184 valence electrons. The molecule has 34 heavy (non-hydrogen) atoms. The molecule has 8 heteroatoms. The highest BCUT2D eigenvalue weighted by atomic mass is 32.1. The van der Waals surface area contributed by atoms with E-state index in [4.69, 9.17) is 9.52 Å². The lowest BCUT2D eigenvalue weighted by Gasteiger charge is -2.11. The predicted octanol–water partition coefficient (Wildman–Crippen LogP) is 6.26. The van der Waals surface area contributed by atoms with Gasteiger partial charge in [0.15, 0.2) is 5.78 Å². The van der Waals surface area contributed by atoms with Crippen molar-refractivity contribution in [1.29, 1.82) is 0 Å². The van der Waals surface area contributed by atoms with E-state index in [9.17, 15) is 19.5 Å². The van der Waals surface area contributed by atoms with Gasteiger partial charge in [0.2, 0.25) is 0 Å². The smallest absolute Gasteiger partial charge is 0.408 e. The van der Waals surface area contributed by atoms with Gasteiger partial charge >= 0.3 is 11.7 Å². The molecular weight excluding hydrogens is 454 g/mol. The van der Waals surface area contributed by atoms with Gasteiger partial charge in [-0.2, -0.15) is 0 Å². The molecule has 7 nitrogen and oxygen atoms in total. The summed E-state index contributed by atoms with van der Waals surface area (Å²) < 4.78 is 5.36. The molecule has 0 aliphatic rings. The Labute approximate surface area is 203 Å². The summed E-state index contributed by atoms with van der Waals surface area (Å²) in [5, 5.41) is 21.1. The van der Waals surface area contributed by atoms with Crippen molar-refractivity contribution in [3.63, 3.8) is 0 Å². The first-order valence-corrected chi connectivity index (χ1v) is 12.1. The summed E-state index contributed by atoms with van der Waals surface area (Å²) in [4.78, 5) is 38.2. The van der Waals surface area contributed by atoms with E-state index >= 15 is 0 Å². The van der Waals surface area contributed by atoms with Gasteiger partial charge in [-0.25, -0.2) is 9.59 Å². The number of nitrogens with one attached hydrogen (secondary N) is 1. The van der Waals surface area contributed by atoms with Crippen molar-refractivity contribution in [2.75, 3.05) is 0 Å². The van der Waals surface area contributed by atoms with Crippen LogP contribution < -0.4 is 10.9 Å². The average molecular weight is 488 g/mol. The third-order valence-corrected chi connectivity index (χ3v) is 6.68. The molecule has 0 saturated heterocycles. The van der Waals surface area contributed by atoms with Crippen LogP contribution in [0, 0.1) is 12.8 Å². The van der Waals surface area contributed by atoms with E-state index in [1.807, 2.05) is 13.8 Å². The van der Waals surface area contributed by atoms with Crippen LogP contribution in [0.5, 0.6) is 5.75 Å². The fourth-order valence-electron chi connectivity index (χ4n) is 3.37. The Kier molecular flexibility index (Phi) is 9.86. The Bertz CT molecular complexity index is 1140. The topological polar surface area (TPSA) is 117 Å². The first-order valence-electron chi connectivity index (χ1n) is 11.3. The maximum absolute atomic E-state index is 13.0. The number of rotatable bonds is 11. The molecular formula is C26H33NO6S. The second-order valence-corrected chi connectivity index (χ2v) is 10.0. The number of allylic oxidation sites excluding steroid dienone is 2. The number of aryl methyl sites for hydroxylation is 2. The molecule has 0 aromatic carbocycles. The molecule has 0 aliphatic carbocycles. The summed E-state index contributed by atoms with van der Waals surface area (Å²) in [6.07, 6.45) is 6.75. The fourth-order valence-corrected chi connectivity index (χ4v) is 4.57. The van der Waals surface area contributed by atoms with E-state index in [0.29, 0.717) is 24.3 Å². The first-order chi connectivity index (χ1) is 16.0. The normalized spacial score (nSPS) is 12.9. The van der Waals surface area contributed by atoms with E-state index < -0.39 is 23.3 Å². The van der Waals surface area contributed by atoms with E-state index in [1.165, 1.54) is 17.1 Å². The quantitative estimate of drug-likeness (QED) is 0.255. The zero-order valence-corrected chi connectivity index (χ0v) is 21.1. The van der Waals surface area contributed by atoms with Gasteiger partial charge in [0.1, 0.15) is 17.1 Å². The molecule has 0 bridgehead atoms. The van der Waals surface area contributed by atoms with Gasteiger partial charge in [0.25, 0.3) is 0 Å². The SMILES string of the molecule is C/C(=C\c1sc(CCC(C)C)cc1C)C(=O)c1c(O)cc(C(C)CC/C=C/NC(=O)O)oc1=O. The van der Waals surface area contributed by atoms with Gasteiger partial charge in [0.05, 0.1) is 0 Å². The molecule has 3 N–H and O–H groups in total. The highest BCUT2D eigenvalue weighted by Gasteiger charge is 2.22. The summed E-state index contributed by atoms with van der Waals surface area (Å²) >= 11 is 1.63. The fraction of sp³-hybridized carbons (Fsp3) is 0.423. The van der Waals surface area contributed by atoms with Crippen LogP contribution in [0.15, 0.2) is 39.2 Å². The second kappa shape index (κ2) is 12.4. The zero-order valence-electron chi connectivity index (χ0n) is 20.3. The molecule has 0 radical (unpaired) electrons. The van der Waals surface area contributed by atoms with Crippen molar-refractivity contribution < 1.29 is 24.2 Å². The number of carboxylic acid groups (broad SMARTS) is 1. The number of ketones is 1. The van der Waals surface area contributed by atoms with E-state index in [1.54, 1.807) is 30.4 Å². The van der Waals surface area contributed by atoms with Crippen molar-refractivity contribution in [2.45, 2.75) is 66.2 Å². The number of amides is 1. The molecule has 2 aromatic heterocycles. The van der Waals surface area contributed by atoms with Crippen LogP contribution in [0.2, 0.25) is 0 Å². The molecule has 2 rings (SSSR count). The summed E-state index contributed by atoms with van der Waals surface area (Å²) in [6.45, 7) is 9.81. The molecule has 0 spiro atoms. The van der Waals surface area contributed by atoms with Gasteiger partial charge in [-0.15, -0.1) is 11.3 Å². The molecule has 1 atom stereocenters. The minimum absolute atomic E-state index is 0.216. The van der Waals surface area contributed by atoms with Crippen LogP contribution in [0.3, 0.4) is 0 Å². The van der Waals surface area contributed by atoms with Crippen LogP contribution in [-0.4, -0.2) is 22.1 Å². The van der Waals surface area contributed by atoms with Crippen LogP contribution in [-0.2, 0) is 6.42 Å². The second-order valence-electron chi connectivity index (χ2n) is 8.88. The highest BCUT2D eigenvalue weighted by Crippen LogP contribution is 2.29. The molecule has 0 saturated carbocycles. The van der Waals surface area contributed by atoms with Crippen LogP contribution >= 0.6 is 11.3 Å². The Morgan fingerprint density at radius 2 is 1.91 bits per heavy atom. The van der Waals surface area contributed by atoms with Gasteiger partial charge in [-0.3, -0.25) is 10.1 Å². The Hall–Kier alpha value is -3.13. The van der Waals surface area contributed by atoms with Gasteiger partial charge in [-0.05, 0) is 68.7 Å². The zero-order chi connectivity index (χ0) is 25.4. The third kappa shape index (κ3) is 7.73. The van der Waals surface area contributed by atoms with E-state index in [-0.39, 0.29) is 17.2 Å². The number of hydrogen-bond donors (Lipinski definition) is 3. The van der Waals surface area contributed by atoms with E-state index in [2.05, 4.69) is 25.2 Å². The standard InChI is InChI=1S/C26H33NO6S/c1-15(2)9-10-19-12-17(4)22(34-19)13-18(5)24(29)23-20(28)14-21(33-25(23)30)16(3)8-6-7-11-27-26(31)32/h7,11-16,27-28H,6,8-10H2,1-5H3,(H,31,32)/b11-7+,18-13+. The lowest BCUT2D eigenvalue weighted by Crippen LogP contribution is -2.16. The van der Waals surface area contributed by atoms with Crippen molar-refractivity contribution in [2.24, 2.45) is 5.92 Å². The summed E-state index contributed by atoms with van der Waals surface area (Å²) in [5.41, 5.74) is 0.177. The average Bonchev–Trinajstić information content (AvgIpc) is 3.10. The Morgan fingerprint density at radius 1 is 1.21 bits per heavy atom. The first kappa shape index (κ1) is 27.1. The molecule has 2 aromatic rings. The minimum Gasteiger partial charge on any atom is -0.507 e. The largest absolute Gasteiger partial charge is 0.507 e. The van der Waals surface area contributed by atoms with Crippen LogP contribution in [0.4, 0.5) is 4.79 Å². The van der Waals surface area contributed by atoms with Gasteiger partial charge in [-0.1, -0.05) is 26.8 Å². The summed E-state index contributed by atoms with van der Waals surface area (Å²) in [7, 11) is 0. The van der Waals surface area contributed by atoms with Crippen molar-refractivity contribution >= 4 is 29.3 Å². The van der Waals surface area contributed by atoms with Crippen molar-refractivity contribution in [3.05, 3.63) is 67.0 Å². The third-order valence-electron chi connectivity index (χ3n) is 5.43. The molecule has 0 aliphatic heterocycles. The number of carbonyl (C=O) groups is 2. The van der Waals surface area contributed by atoms with Crippen LogP contribution in [0.25, 0.3) is 6.08 Å². The lowest BCUT2D eigenvalue weighted by atomic mass is 9.99. The monoisotopic (exact) mass is 487 g/mol. The van der Waals surface area contributed by atoms with Gasteiger partial charge < -0.3 is 14.6 Å². The lowest BCUT2D eigenvalue weighted by molar-refractivity contribution is 0.102.